The number of nitro groups is 1. The number of rotatable bonds is 7. The number of amides is 2. The van der Waals surface area contributed by atoms with Gasteiger partial charge < -0.3 is 19.3 Å². The second-order valence-corrected chi connectivity index (χ2v) is 10.7. The highest BCUT2D eigenvalue weighted by atomic mass is 16.6. The van der Waals surface area contributed by atoms with Gasteiger partial charge in [0.15, 0.2) is 5.75 Å². The highest BCUT2D eigenvalue weighted by Crippen LogP contribution is 2.33. The molecule has 0 aliphatic carbocycles. The van der Waals surface area contributed by atoms with E-state index < -0.39 is 16.6 Å². The fourth-order valence-electron chi connectivity index (χ4n) is 4.53. The molecule has 3 rings (SSSR count). The van der Waals surface area contributed by atoms with Crippen molar-refractivity contribution < 1.29 is 24.0 Å². The van der Waals surface area contributed by atoms with E-state index in [1.807, 2.05) is 65.0 Å². The minimum atomic E-state index is -0.613. The molecule has 9 nitrogen and oxygen atoms in total. The minimum absolute atomic E-state index is 0.118. The second kappa shape index (κ2) is 11.6. The first kappa shape index (κ1) is 28.0. The molecule has 0 saturated carbocycles. The number of likely N-dealkylation sites (tertiary alicyclic amines) is 1. The first-order chi connectivity index (χ1) is 17.4. The summed E-state index contributed by atoms with van der Waals surface area (Å²) in [7, 11) is 0. The Morgan fingerprint density at radius 1 is 1.19 bits per heavy atom. The van der Waals surface area contributed by atoms with Crippen LogP contribution in [0.2, 0.25) is 0 Å². The standard InChI is InChI=1S/C28H37N3O6/c1-19(2)30(22-13-10-14-29(17-22)27(33)37-28(4,5)6)26(32)23-16-24(31(34)35)25(15-20(23)3)36-18-21-11-8-7-9-12-21/h7-9,11-12,15-16,19,22H,10,13-14,17-18H2,1-6H3/t22-/m1/s1. The van der Waals surface area contributed by atoms with Crippen molar-refractivity contribution in [3.63, 3.8) is 0 Å². The Labute approximate surface area is 218 Å². The number of aryl methyl sites for hydroxylation is 1. The molecular weight excluding hydrogens is 474 g/mol. The molecule has 0 N–H and O–H groups in total. The Morgan fingerprint density at radius 2 is 1.86 bits per heavy atom. The van der Waals surface area contributed by atoms with Gasteiger partial charge in [0, 0.05) is 30.8 Å². The van der Waals surface area contributed by atoms with E-state index in [1.54, 1.807) is 22.8 Å². The van der Waals surface area contributed by atoms with Crippen molar-refractivity contribution in [3.8, 4) is 5.75 Å². The van der Waals surface area contributed by atoms with Gasteiger partial charge in [-0.05, 0) is 71.6 Å². The Balaban J connectivity index is 1.85. The van der Waals surface area contributed by atoms with Crippen LogP contribution in [0.5, 0.6) is 5.75 Å². The predicted molar refractivity (Wildman–Crippen MR) is 141 cm³/mol. The van der Waals surface area contributed by atoms with E-state index in [2.05, 4.69) is 0 Å². The fraction of sp³-hybridized carbons (Fsp3) is 0.500. The highest BCUT2D eigenvalue weighted by molar-refractivity contribution is 5.97. The first-order valence-corrected chi connectivity index (χ1v) is 12.6. The van der Waals surface area contributed by atoms with Crippen molar-refractivity contribution in [1.29, 1.82) is 0 Å². The summed E-state index contributed by atoms with van der Waals surface area (Å²) in [5.74, 6) is -0.186. The maximum Gasteiger partial charge on any atom is 0.410 e. The zero-order chi connectivity index (χ0) is 27.3. The minimum Gasteiger partial charge on any atom is -0.482 e. The van der Waals surface area contributed by atoms with Crippen molar-refractivity contribution in [2.45, 2.75) is 78.7 Å². The molecule has 9 heteroatoms. The third-order valence-corrected chi connectivity index (χ3v) is 6.20. The van der Waals surface area contributed by atoms with Crippen LogP contribution in [0.4, 0.5) is 10.5 Å². The van der Waals surface area contributed by atoms with Gasteiger partial charge in [-0.2, -0.15) is 0 Å². The summed E-state index contributed by atoms with van der Waals surface area (Å²) < 4.78 is 11.3. The average molecular weight is 512 g/mol. The van der Waals surface area contributed by atoms with Crippen LogP contribution >= 0.6 is 0 Å². The summed E-state index contributed by atoms with van der Waals surface area (Å²) in [6.45, 7) is 12.1. The van der Waals surface area contributed by atoms with Gasteiger partial charge in [0.1, 0.15) is 12.2 Å². The van der Waals surface area contributed by atoms with E-state index >= 15 is 0 Å². The molecule has 2 amide bonds. The summed E-state index contributed by atoms with van der Waals surface area (Å²) in [4.78, 5) is 41.2. The number of piperidine rings is 1. The molecule has 37 heavy (non-hydrogen) atoms. The third kappa shape index (κ3) is 7.21. The Kier molecular flexibility index (Phi) is 8.78. The van der Waals surface area contributed by atoms with E-state index in [1.165, 1.54) is 6.07 Å². The van der Waals surface area contributed by atoms with Gasteiger partial charge >= 0.3 is 11.8 Å². The molecule has 2 aromatic rings. The molecule has 2 aromatic carbocycles. The number of carbonyl (C=O) groups excluding carboxylic acids is 2. The molecule has 0 unspecified atom stereocenters. The second-order valence-electron chi connectivity index (χ2n) is 10.7. The number of hydrogen-bond acceptors (Lipinski definition) is 6. The van der Waals surface area contributed by atoms with E-state index in [0.29, 0.717) is 18.7 Å². The van der Waals surface area contributed by atoms with Crippen molar-refractivity contribution in [2.24, 2.45) is 0 Å². The Bertz CT molecular complexity index is 1130. The maximum absolute atomic E-state index is 13.8. The SMILES string of the molecule is Cc1cc(OCc2ccccc2)c([N+](=O)[O-])cc1C(=O)N(C(C)C)[C@@H]1CCCN(C(=O)OC(C)(C)C)C1. The molecule has 1 saturated heterocycles. The van der Waals surface area contributed by atoms with Crippen molar-refractivity contribution >= 4 is 17.7 Å². The summed E-state index contributed by atoms with van der Waals surface area (Å²) in [6, 6.07) is 11.8. The van der Waals surface area contributed by atoms with Crippen LogP contribution in [-0.2, 0) is 11.3 Å². The Morgan fingerprint density at radius 3 is 2.46 bits per heavy atom. The topological polar surface area (TPSA) is 102 Å². The smallest absolute Gasteiger partial charge is 0.410 e. The molecule has 200 valence electrons. The van der Waals surface area contributed by atoms with Crippen LogP contribution in [0.15, 0.2) is 42.5 Å². The Hall–Kier alpha value is -3.62. The van der Waals surface area contributed by atoms with Crippen LogP contribution in [0, 0.1) is 17.0 Å². The zero-order valence-corrected chi connectivity index (χ0v) is 22.5. The number of hydrogen-bond donors (Lipinski definition) is 0. The molecule has 0 bridgehead atoms. The fourth-order valence-corrected chi connectivity index (χ4v) is 4.53. The molecular formula is C28H37N3O6. The van der Waals surface area contributed by atoms with Crippen molar-refractivity contribution in [2.75, 3.05) is 13.1 Å². The van der Waals surface area contributed by atoms with Gasteiger partial charge in [0.25, 0.3) is 5.91 Å². The van der Waals surface area contributed by atoms with Crippen LogP contribution in [0.25, 0.3) is 0 Å². The summed E-state index contributed by atoms with van der Waals surface area (Å²) in [5, 5.41) is 11.9. The normalized spacial score (nSPS) is 15.9. The van der Waals surface area contributed by atoms with Gasteiger partial charge in [0.05, 0.1) is 11.0 Å². The lowest BCUT2D eigenvalue weighted by molar-refractivity contribution is -0.386. The average Bonchev–Trinajstić information content (AvgIpc) is 2.82. The predicted octanol–water partition coefficient (Wildman–Crippen LogP) is 5.73. The molecule has 1 atom stereocenters. The molecule has 0 spiro atoms. The largest absolute Gasteiger partial charge is 0.482 e. The van der Waals surface area contributed by atoms with Crippen LogP contribution < -0.4 is 4.74 Å². The maximum atomic E-state index is 13.8. The molecule has 0 radical (unpaired) electrons. The molecule has 0 aromatic heterocycles. The van der Waals surface area contributed by atoms with Crippen molar-refractivity contribution in [3.05, 3.63) is 69.3 Å². The van der Waals surface area contributed by atoms with Crippen LogP contribution in [-0.4, -0.2) is 57.5 Å². The number of carbonyl (C=O) groups is 2. The highest BCUT2D eigenvalue weighted by Gasteiger charge is 2.35. The van der Waals surface area contributed by atoms with Crippen LogP contribution in [0.3, 0.4) is 0 Å². The van der Waals surface area contributed by atoms with Crippen molar-refractivity contribution in [1.82, 2.24) is 9.80 Å². The number of nitrogens with zero attached hydrogens (tertiary/aromatic N) is 3. The molecule has 1 fully saturated rings. The zero-order valence-electron chi connectivity index (χ0n) is 22.5. The van der Waals surface area contributed by atoms with Gasteiger partial charge in [-0.15, -0.1) is 0 Å². The molecule has 1 aliphatic rings. The molecule has 1 heterocycles. The number of benzene rings is 2. The van der Waals surface area contributed by atoms with Gasteiger partial charge in [-0.3, -0.25) is 14.9 Å². The van der Waals surface area contributed by atoms with E-state index in [0.717, 1.165) is 18.4 Å². The van der Waals surface area contributed by atoms with E-state index in [-0.39, 0.29) is 41.6 Å². The van der Waals surface area contributed by atoms with E-state index in [9.17, 15) is 19.7 Å². The third-order valence-electron chi connectivity index (χ3n) is 6.20. The van der Waals surface area contributed by atoms with Crippen LogP contribution in [0.1, 0.15) is 68.9 Å². The first-order valence-electron chi connectivity index (χ1n) is 12.6. The van der Waals surface area contributed by atoms with Gasteiger partial charge in [0.2, 0.25) is 0 Å². The lowest BCUT2D eigenvalue weighted by Crippen LogP contribution is -2.54. The number of ether oxygens (including phenoxy) is 2. The monoisotopic (exact) mass is 511 g/mol. The quantitative estimate of drug-likeness (QED) is 0.347. The lowest BCUT2D eigenvalue weighted by atomic mass is 9.99. The number of nitro benzene ring substituents is 1. The van der Waals surface area contributed by atoms with Gasteiger partial charge in [-0.25, -0.2) is 4.79 Å². The van der Waals surface area contributed by atoms with Gasteiger partial charge in [-0.1, -0.05) is 30.3 Å². The lowest BCUT2D eigenvalue weighted by Gasteiger charge is -2.41. The summed E-state index contributed by atoms with van der Waals surface area (Å²) in [5.41, 5.74) is 0.851. The summed E-state index contributed by atoms with van der Waals surface area (Å²) >= 11 is 0. The molecule has 1 aliphatic heterocycles. The summed E-state index contributed by atoms with van der Waals surface area (Å²) in [6.07, 6.45) is 1.05. The van der Waals surface area contributed by atoms with E-state index in [4.69, 9.17) is 9.47 Å².